The Morgan fingerprint density at radius 2 is 2.06 bits per heavy atom. The van der Waals surface area contributed by atoms with Gasteiger partial charge in [-0.15, -0.1) is 6.58 Å². The molecule has 3 heteroatoms. The predicted octanol–water partition coefficient (Wildman–Crippen LogP) is 3.40. The molecule has 3 nitrogen and oxygen atoms in total. The zero-order valence-corrected chi connectivity index (χ0v) is 10.1. The third-order valence-corrected chi connectivity index (χ3v) is 3.16. The van der Waals surface area contributed by atoms with Crippen LogP contribution in [0.2, 0.25) is 0 Å². The Kier molecular flexibility index (Phi) is 2.92. The van der Waals surface area contributed by atoms with Gasteiger partial charge >= 0.3 is 6.16 Å². The van der Waals surface area contributed by atoms with Gasteiger partial charge in [0.15, 0.2) is 0 Å². The van der Waals surface area contributed by atoms with Gasteiger partial charge in [0.25, 0.3) is 0 Å². The highest BCUT2D eigenvalue weighted by Gasteiger charge is 2.41. The highest BCUT2D eigenvalue weighted by Crippen LogP contribution is 2.41. The van der Waals surface area contributed by atoms with E-state index in [2.05, 4.69) is 6.58 Å². The zero-order chi connectivity index (χ0) is 12.5. The average Bonchev–Trinajstić information content (AvgIpc) is 2.34. The highest BCUT2D eigenvalue weighted by atomic mass is 16.7. The first-order valence-electron chi connectivity index (χ1n) is 5.59. The quantitative estimate of drug-likeness (QED) is 0.579. The number of benzene rings is 1. The van der Waals surface area contributed by atoms with Gasteiger partial charge in [0.1, 0.15) is 12.7 Å². The van der Waals surface area contributed by atoms with Crippen LogP contribution in [0.15, 0.2) is 36.9 Å². The summed E-state index contributed by atoms with van der Waals surface area (Å²) >= 11 is 0. The Morgan fingerprint density at radius 3 is 2.65 bits per heavy atom. The van der Waals surface area contributed by atoms with E-state index in [4.69, 9.17) is 9.47 Å². The molecule has 1 saturated heterocycles. The van der Waals surface area contributed by atoms with E-state index < -0.39 is 6.16 Å². The third-order valence-electron chi connectivity index (χ3n) is 3.16. The maximum absolute atomic E-state index is 11.2. The van der Waals surface area contributed by atoms with Gasteiger partial charge in [-0.3, -0.25) is 0 Å². The van der Waals surface area contributed by atoms with Gasteiger partial charge in [0.2, 0.25) is 0 Å². The van der Waals surface area contributed by atoms with Crippen molar-refractivity contribution in [3.05, 3.63) is 48.0 Å². The number of hydrogen-bond donors (Lipinski definition) is 0. The van der Waals surface area contributed by atoms with Gasteiger partial charge in [-0.1, -0.05) is 35.9 Å². The van der Waals surface area contributed by atoms with Crippen molar-refractivity contribution in [1.82, 2.24) is 0 Å². The van der Waals surface area contributed by atoms with Crippen molar-refractivity contribution in [2.75, 3.05) is 6.61 Å². The van der Waals surface area contributed by atoms with Crippen LogP contribution < -0.4 is 0 Å². The predicted molar refractivity (Wildman–Crippen MR) is 64.7 cm³/mol. The van der Waals surface area contributed by atoms with E-state index in [9.17, 15) is 4.79 Å². The van der Waals surface area contributed by atoms with Gasteiger partial charge < -0.3 is 9.47 Å². The molecule has 0 bridgehead atoms. The van der Waals surface area contributed by atoms with Crippen molar-refractivity contribution in [3.63, 3.8) is 0 Å². The molecule has 0 amide bonds. The molecule has 90 valence electrons. The van der Waals surface area contributed by atoms with Gasteiger partial charge in [-0.05, 0) is 19.4 Å². The Balaban J connectivity index is 2.35. The fourth-order valence-electron chi connectivity index (χ4n) is 1.91. The summed E-state index contributed by atoms with van der Waals surface area (Å²) in [4.78, 5) is 11.2. The minimum Gasteiger partial charge on any atom is -0.433 e. The molecule has 2 rings (SSSR count). The van der Waals surface area contributed by atoms with Crippen molar-refractivity contribution in [2.45, 2.75) is 20.0 Å². The monoisotopic (exact) mass is 232 g/mol. The second-order valence-electron chi connectivity index (χ2n) is 4.66. The van der Waals surface area contributed by atoms with Crippen LogP contribution in [-0.2, 0) is 9.47 Å². The van der Waals surface area contributed by atoms with Crippen LogP contribution in [0.5, 0.6) is 0 Å². The summed E-state index contributed by atoms with van der Waals surface area (Å²) in [7, 11) is 0. The van der Waals surface area contributed by atoms with E-state index in [0.717, 1.165) is 5.56 Å². The number of carbonyl (C=O) groups excluding carboxylic acids is 1. The van der Waals surface area contributed by atoms with Crippen LogP contribution >= 0.6 is 0 Å². The number of cyclic esters (lactones) is 2. The highest BCUT2D eigenvalue weighted by molar-refractivity contribution is 5.61. The molecule has 0 spiro atoms. The molecule has 1 fully saturated rings. The second kappa shape index (κ2) is 4.24. The van der Waals surface area contributed by atoms with E-state index in [1.807, 2.05) is 38.1 Å². The van der Waals surface area contributed by atoms with Gasteiger partial charge in [-0.25, -0.2) is 4.79 Å². The van der Waals surface area contributed by atoms with Crippen molar-refractivity contribution in [2.24, 2.45) is 5.41 Å². The summed E-state index contributed by atoms with van der Waals surface area (Å²) in [6, 6.07) is 7.95. The van der Waals surface area contributed by atoms with Crippen molar-refractivity contribution in [1.29, 1.82) is 0 Å². The van der Waals surface area contributed by atoms with E-state index in [1.165, 1.54) is 5.56 Å². The second-order valence-corrected chi connectivity index (χ2v) is 4.66. The molecule has 1 aromatic carbocycles. The van der Waals surface area contributed by atoms with Crippen LogP contribution in [0.3, 0.4) is 0 Å². The minimum atomic E-state index is -0.616. The third kappa shape index (κ3) is 2.18. The fourth-order valence-corrected chi connectivity index (χ4v) is 1.91. The fraction of sp³-hybridized carbons (Fsp3) is 0.357. The van der Waals surface area contributed by atoms with Gasteiger partial charge in [0.05, 0.1) is 5.41 Å². The molecule has 1 aromatic rings. The molecule has 1 aliphatic heterocycles. The van der Waals surface area contributed by atoms with E-state index in [-0.39, 0.29) is 11.5 Å². The first kappa shape index (κ1) is 11.7. The lowest BCUT2D eigenvalue weighted by Crippen LogP contribution is -2.38. The summed E-state index contributed by atoms with van der Waals surface area (Å²) in [5, 5.41) is 0. The molecule has 1 aliphatic rings. The van der Waals surface area contributed by atoms with Crippen molar-refractivity contribution in [3.8, 4) is 0 Å². The smallest absolute Gasteiger partial charge is 0.433 e. The van der Waals surface area contributed by atoms with Crippen LogP contribution in [0.1, 0.15) is 24.2 Å². The van der Waals surface area contributed by atoms with Crippen LogP contribution in [0.25, 0.3) is 0 Å². The van der Waals surface area contributed by atoms with Crippen LogP contribution in [0, 0.1) is 12.3 Å². The summed E-state index contributed by atoms with van der Waals surface area (Å²) in [6.07, 6.45) is 0.834. The zero-order valence-electron chi connectivity index (χ0n) is 10.1. The van der Waals surface area contributed by atoms with Crippen molar-refractivity contribution < 1.29 is 14.3 Å². The topological polar surface area (TPSA) is 35.5 Å². The summed E-state index contributed by atoms with van der Waals surface area (Å²) in [5.41, 5.74) is 1.76. The maximum atomic E-state index is 11.2. The lowest BCUT2D eigenvalue weighted by molar-refractivity contribution is -0.0850. The summed E-state index contributed by atoms with van der Waals surface area (Å²) in [6.45, 7) is 8.09. The van der Waals surface area contributed by atoms with Gasteiger partial charge in [-0.2, -0.15) is 0 Å². The molecule has 2 atom stereocenters. The first-order valence-corrected chi connectivity index (χ1v) is 5.59. The molecular formula is C14H16O3. The Hall–Kier alpha value is -1.77. The van der Waals surface area contributed by atoms with E-state index >= 15 is 0 Å². The van der Waals surface area contributed by atoms with Gasteiger partial charge in [0, 0.05) is 0 Å². The Labute approximate surface area is 101 Å². The Morgan fingerprint density at radius 1 is 1.41 bits per heavy atom. The molecule has 0 aliphatic carbocycles. The number of hydrogen-bond acceptors (Lipinski definition) is 3. The largest absolute Gasteiger partial charge is 0.508 e. The standard InChI is InChI=1S/C14H16O3/c1-4-14(3)9-16-13(15)17-12(14)11-7-5-10(2)6-8-11/h4-8,12H,1,9H2,2-3H3/t12-,14-/m1/s1. The molecule has 0 aromatic heterocycles. The number of rotatable bonds is 2. The van der Waals surface area contributed by atoms with Crippen molar-refractivity contribution >= 4 is 6.16 Å². The molecule has 1 heterocycles. The number of carbonyl (C=O) groups is 1. The summed E-state index contributed by atoms with van der Waals surface area (Å²) < 4.78 is 10.2. The molecule has 0 unspecified atom stereocenters. The molecule has 0 saturated carbocycles. The molecule has 0 N–H and O–H groups in total. The lowest BCUT2D eigenvalue weighted by atomic mass is 9.81. The maximum Gasteiger partial charge on any atom is 0.508 e. The minimum absolute atomic E-state index is 0.299. The Bertz CT molecular complexity index is 435. The van der Waals surface area contributed by atoms with Crippen LogP contribution in [0.4, 0.5) is 4.79 Å². The number of ether oxygens (including phenoxy) is 2. The number of aryl methyl sites for hydroxylation is 1. The molecule has 17 heavy (non-hydrogen) atoms. The van der Waals surface area contributed by atoms with E-state index in [0.29, 0.717) is 6.61 Å². The molecular weight excluding hydrogens is 216 g/mol. The summed E-state index contributed by atoms with van der Waals surface area (Å²) in [5.74, 6) is 0. The van der Waals surface area contributed by atoms with Crippen LogP contribution in [-0.4, -0.2) is 12.8 Å². The van der Waals surface area contributed by atoms with E-state index in [1.54, 1.807) is 6.08 Å². The SMILES string of the molecule is C=C[C@]1(C)COC(=O)O[C@@H]1c1ccc(C)cc1. The first-order chi connectivity index (χ1) is 8.05. The normalized spacial score (nSPS) is 28.1. The average molecular weight is 232 g/mol. The molecule has 0 radical (unpaired) electrons. The lowest BCUT2D eigenvalue weighted by Gasteiger charge is -2.37.